The van der Waals surface area contributed by atoms with Crippen LogP contribution in [0.15, 0.2) is 83.8 Å². The summed E-state index contributed by atoms with van der Waals surface area (Å²) in [6, 6.07) is 22.8. The Kier molecular flexibility index (Phi) is 9.23. The molecule has 0 spiro atoms. The second-order valence-corrected chi connectivity index (χ2v) is 10.9. The molecule has 3 rings (SSSR count). The first-order valence-electron chi connectivity index (χ1n) is 10.6. The average Bonchev–Trinajstić information content (AvgIpc) is 2.82. The van der Waals surface area contributed by atoms with Gasteiger partial charge in [0.25, 0.3) is 10.0 Å². The third-order valence-corrected chi connectivity index (χ3v) is 8.17. The van der Waals surface area contributed by atoms with Gasteiger partial charge in [0, 0.05) is 17.3 Å². The highest BCUT2D eigenvalue weighted by Crippen LogP contribution is 2.25. The Hall–Kier alpha value is -2.48. The Balaban J connectivity index is 1.56. The van der Waals surface area contributed by atoms with Gasteiger partial charge in [0.05, 0.1) is 10.6 Å². The van der Waals surface area contributed by atoms with Crippen LogP contribution in [0.2, 0.25) is 5.02 Å². The first kappa shape index (κ1) is 25.1. The van der Waals surface area contributed by atoms with Crippen molar-refractivity contribution in [3.8, 4) is 0 Å². The van der Waals surface area contributed by atoms with E-state index in [-0.39, 0.29) is 17.3 Å². The number of rotatable bonds is 11. The van der Waals surface area contributed by atoms with E-state index in [9.17, 15) is 13.2 Å². The number of nitrogens with one attached hydrogen (secondary N) is 1. The van der Waals surface area contributed by atoms with Crippen LogP contribution >= 0.6 is 23.4 Å². The zero-order chi connectivity index (χ0) is 23.7. The Morgan fingerprint density at radius 3 is 2.33 bits per heavy atom. The SMILES string of the molecule is Cc1ccccc1CSCCCNC(=O)CN(c1ccc(Cl)cc1)S(=O)(=O)c1ccccc1. The molecule has 3 aromatic carbocycles. The molecule has 0 aromatic heterocycles. The van der Waals surface area contributed by atoms with Gasteiger partial charge in [-0.05, 0) is 66.6 Å². The molecule has 0 aliphatic rings. The van der Waals surface area contributed by atoms with Gasteiger partial charge in [-0.1, -0.05) is 54.1 Å². The largest absolute Gasteiger partial charge is 0.354 e. The Morgan fingerprint density at radius 2 is 1.64 bits per heavy atom. The van der Waals surface area contributed by atoms with E-state index in [0.29, 0.717) is 17.3 Å². The van der Waals surface area contributed by atoms with Gasteiger partial charge in [0.1, 0.15) is 6.54 Å². The lowest BCUT2D eigenvalue weighted by Gasteiger charge is -2.24. The van der Waals surface area contributed by atoms with Gasteiger partial charge in [0.15, 0.2) is 0 Å². The minimum absolute atomic E-state index is 0.125. The highest BCUT2D eigenvalue weighted by atomic mass is 35.5. The third-order valence-electron chi connectivity index (χ3n) is 5.04. The van der Waals surface area contributed by atoms with E-state index >= 15 is 0 Å². The molecule has 0 atom stereocenters. The van der Waals surface area contributed by atoms with Gasteiger partial charge in [-0.25, -0.2) is 8.42 Å². The van der Waals surface area contributed by atoms with Crippen molar-refractivity contribution in [2.24, 2.45) is 0 Å². The zero-order valence-corrected chi connectivity index (χ0v) is 20.8. The number of halogens is 1. The van der Waals surface area contributed by atoms with E-state index in [1.54, 1.807) is 42.5 Å². The van der Waals surface area contributed by atoms with Crippen molar-refractivity contribution in [3.63, 3.8) is 0 Å². The monoisotopic (exact) mass is 502 g/mol. The van der Waals surface area contributed by atoms with Crippen LogP contribution in [0, 0.1) is 6.92 Å². The van der Waals surface area contributed by atoms with Crippen molar-refractivity contribution in [1.29, 1.82) is 0 Å². The number of hydrogen-bond acceptors (Lipinski definition) is 4. The fourth-order valence-corrected chi connectivity index (χ4v) is 5.79. The minimum atomic E-state index is -3.91. The smallest absolute Gasteiger partial charge is 0.264 e. The zero-order valence-electron chi connectivity index (χ0n) is 18.4. The first-order chi connectivity index (χ1) is 15.9. The normalized spacial score (nSPS) is 11.2. The molecule has 5 nitrogen and oxygen atoms in total. The van der Waals surface area contributed by atoms with Crippen molar-refractivity contribution in [3.05, 3.63) is 95.0 Å². The minimum Gasteiger partial charge on any atom is -0.354 e. The third kappa shape index (κ3) is 7.25. The summed E-state index contributed by atoms with van der Waals surface area (Å²) in [6.07, 6.45) is 0.800. The molecular formula is C25H27ClN2O3S2. The number of carbonyl (C=O) groups is 1. The van der Waals surface area contributed by atoms with Gasteiger partial charge < -0.3 is 5.32 Å². The fraction of sp³-hybridized carbons (Fsp3) is 0.240. The van der Waals surface area contributed by atoms with Crippen LogP contribution in [0.25, 0.3) is 0 Å². The summed E-state index contributed by atoms with van der Waals surface area (Å²) in [5.74, 6) is 1.48. The first-order valence-corrected chi connectivity index (χ1v) is 13.6. The quantitative estimate of drug-likeness (QED) is 0.362. The summed E-state index contributed by atoms with van der Waals surface area (Å²) in [7, 11) is -3.91. The van der Waals surface area contributed by atoms with E-state index in [4.69, 9.17) is 11.6 Å². The number of hydrogen-bond donors (Lipinski definition) is 1. The van der Waals surface area contributed by atoms with Crippen LogP contribution in [0.1, 0.15) is 17.5 Å². The van der Waals surface area contributed by atoms with Crippen LogP contribution in [0.5, 0.6) is 0 Å². The van der Waals surface area contributed by atoms with Crippen molar-refractivity contribution < 1.29 is 13.2 Å². The maximum atomic E-state index is 13.2. The van der Waals surface area contributed by atoms with E-state index in [1.165, 1.54) is 23.3 Å². The standard InChI is InChI=1S/C25H27ClN2O3S2/c1-20-8-5-6-9-21(20)19-32-17-7-16-27-25(29)18-28(23-14-12-22(26)13-15-23)33(30,31)24-10-3-2-4-11-24/h2-6,8-15H,7,16-19H2,1H3,(H,27,29). The molecule has 0 bridgehead atoms. The topological polar surface area (TPSA) is 66.5 Å². The molecule has 1 amide bonds. The molecule has 0 unspecified atom stereocenters. The van der Waals surface area contributed by atoms with Gasteiger partial charge in [-0.3, -0.25) is 9.10 Å². The van der Waals surface area contributed by atoms with Crippen LogP contribution in [-0.2, 0) is 20.6 Å². The Bertz CT molecular complexity index is 1150. The number of anilines is 1. The lowest BCUT2D eigenvalue weighted by molar-refractivity contribution is -0.119. The molecule has 0 heterocycles. The Morgan fingerprint density at radius 1 is 0.970 bits per heavy atom. The molecular weight excluding hydrogens is 476 g/mol. The number of nitrogens with zero attached hydrogens (tertiary/aromatic N) is 1. The summed E-state index contributed by atoms with van der Waals surface area (Å²) in [4.78, 5) is 12.7. The lowest BCUT2D eigenvalue weighted by Crippen LogP contribution is -2.41. The van der Waals surface area contributed by atoms with Crippen LogP contribution in [-0.4, -0.2) is 33.2 Å². The van der Waals surface area contributed by atoms with Gasteiger partial charge in [-0.15, -0.1) is 0 Å². The number of amides is 1. The Labute approximate surface area is 205 Å². The maximum Gasteiger partial charge on any atom is 0.264 e. The predicted octanol–water partition coefficient (Wildman–Crippen LogP) is 5.28. The van der Waals surface area contributed by atoms with Crippen molar-refractivity contribution in [2.45, 2.75) is 24.0 Å². The summed E-state index contributed by atoms with van der Waals surface area (Å²) in [5, 5.41) is 3.33. The van der Waals surface area contributed by atoms with Gasteiger partial charge >= 0.3 is 0 Å². The molecule has 8 heteroatoms. The highest BCUT2D eigenvalue weighted by Gasteiger charge is 2.26. The average molecular weight is 503 g/mol. The lowest BCUT2D eigenvalue weighted by atomic mass is 10.1. The molecule has 0 saturated heterocycles. The van der Waals surface area contributed by atoms with E-state index in [2.05, 4.69) is 24.4 Å². The molecule has 0 saturated carbocycles. The summed E-state index contributed by atoms with van der Waals surface area (Å²) in [6.45, 7) is 2.28. The number of thioether (sulfide) groups is 1. The van der Waals surface area contributed by atoms with Crippen LogP contribution in [0.4, 0.5) is 5.69 Å². The molecule has 0 aliphatic heterocycles. The molecule has 0 radical (unpaired) electrons. The molecule has 0 aliphatic carbocycles. The van der Waals surface area contributed by atoms with E-state index in [1.807, 2.05) is 23.9 Å². The summed E-state index contributed by atoms with van der Waals surface area (Å²) >= 11 is 7.78. The van der Waals surface area contributed by atoms with Crippen molar-refractivity contribution in [1.82, 2.24) is 5.32 Å². The summed E-state index contributed by atoms with van der Waals surface area (Å²) < 4.78 is 27.6. The second-order valence-electron chi connectivity index (χ2n) is 7.48. The van der Waals surface area contributed by atoms with E-state index in [0.717, 1.165) is 22.2 Å². The highest BCUT2D eigenvalue weighted by molar-refractivity contribution is 7.98. The van der Waals surface area contributed by atoms with Crippen LogP contribution < -0.4 is 9.62 Å². The number of benzene rings is 3. The number of aryl methyl sites for hydroxylation is 1. The second kappa shape index (κ2) is 12.1. The molecule has 174 valence electrons. The molecule has 1 N–H and O–H groups in total. The van der Waals surface area contributed by atoms with Crippen LogP contribution in [0.3, 0.4) is 0 Å². The number of sulfonamides is 1. The summed E-state index contributed by atoms with van der Waals surface area (Å²) in [5.41, 5.74) is 2.98. The van der Waals surface area contributed by atoms with Gasteiger partial charge in [0.2, 0.25) is 5.91 Å². The van der Waals surface area contributed by atoms with Crippen molar-refractivity contribution in [2.75, 3.05) is 23.1 Å². The maximum absolute atomic E-state index is 13.2. The fourth-order valence-electron chi connectivity index (χ4n) is 3.18. The molecule has 3 aromatic rings. The van der Waals surface area contributed by atoms with Crippen molar-refractivity contribution >= 4 is 45.0 Å². The molecule has 33 heavy (non-hydrogen) atoms. The molecule has 0 fully saturated rings. The van der Waals surface area contributed by atoms with Gasteiger partial charge in [-0.2, -0.15) is 11.8 Å². The van der Waals surface area contributed by atoms with E-state index < -0.39 is 10.0 Å². The number of carbonyl (C=O) groups excluding carboxylic acids is 1. The predicted molar refractivity (Wildman–Crippen MR) is 137 cm³/mol.